The summed E-state index contributed by atoms with van der Waals surface area (Å²) in [6, 6.07) is 6.93. The maximum absolute atomic E-state index is 12.1. The molecule has 0 aliphatic rings. The van der Waals surface area contributed by atoms with E-state index in [9.17, 15) is 4.79 Å². The third kappa shape index (κ3) is 4.77. The van der Waals surface area contributed by atoms with E-state index in [1.807, 2.05) is 13.0 Å². The van der Waals surface area contributed by atoms with Crippen molar-refractivity contribution in [1.82, 2.24) is 9.97 Å². The molecule has 2 aromatic rings. The van der Waals surface area contributed by atoms with Gasteiger partial charge in [-0.15, -0.1) is 0 Å². The van der Waals surface area contributed by atoms with Crippen LogP contribution in [-0.4, -0.2) is 15.9 Å². The highest BCUT2D eigenvalue weighted by Crippen LogP contribution is 2.20. The molecule has 0 saturated heterocycles. The summed E-state index contributed by atoms with van der Waals surface area (Å²) in [4.78, 5) is 20.0. The van der Waals surface area contributed by atoms with E-state index in [0.717, 1.165) is 10.0 Å². The Bertz CT molecular complexity index is 799. The number of halogens is 2. The third-order valence-electron chi connectivity index (χ3n) is 2.76. The van der Waals surface area contributed by atoms with Gasteiger partial charge in [-0.1, -0.05) is 17.7 Å². The molecule has 1 amide bonds. The second-order valence-electron chi connectivity index (χ2n) is 4.46. The second kappa shape index (κ2) is 7.72. The minimum absolute atomic E-state index is 0.117. The van der Waals surface area contributed by atoms with E-state index < -0.39 is 5.91 Å². The van der Waals surface area contributed by atoms with Gasteiger partial charge in [0.25, 0.3) is 5.91 Å². The predicted octanol–water partition coefficient (Wildman–Crippen LogP) is 3.66. The molecule has 1 heterocycles. The number of hydrogen-bond acceptors (Lipinski definition) is 5. The minimum Gasteiger partial charge on any atom is -0.329 e. The summed E-state index contributed by atoms with van der Waals surface area (Å²) in [6.07, 6.45) is 4.33. The molecule has 6 nitrogen and oxygen atoms in total. The second-order valence-corrected chi connectivity index (χ2v) is 5.78. The standard InChI is InChI=1S/C15H11BrClN5O/c1-9-2-3-12(4-13(9)17)22-14(23)10(5-18)6-19-15-20-7-11(16)8-21-15/h2-4,6-8H,1H3,(H,22,23)(H,19,20,21)/b10-6-. The Morgan fingerprint density at radius 3 is 2.70 bits per heavy atom. The predicted molar refractivity (Wildman–Crippen MR) is 91.9 cm³/mol. The van der Waals surface area contributed by atoms with E-state index in [-0.39, 0.29) is 11.5 Å². The zero-order valence-corrected chi connectivity index (χ0v) is 14.3. The lowest BCUT2D eigenvalue weighted by atomic mass is 10.2. The molecule has 2 N–H and O–H groups in total. The molecule has 116 valence electrons. The fraction of sp³-hybridized carbons (Fsp3) is 0.0667. The first kappa shape index (κ1) is 16.9. The average Bonchev–Trinajstić information content (AvgIpc) is 2.53. The number of carbonyl (C=O) groups is 1. The van der Waals surface area contributed by atoms with E-state index in [0.29, 0.717) is 10.7 Å². The van der Waals surface area contributed by atoms with Crippen LogP contribution in [0.15, 0.2) is 46.8 Å². The Morgan fingerprint density at radius 1 is 1.39 bits per heavy atom. The zero-order valence-electron chi connectivity index (χ0n) is 12.0. The molecule has 0 saturated carbocycles. The van der Waals surface area contributed by atoms with E-state index in [2.05, 4.69) is 36.5 Å². The van der Waals surface area contributed by atoms with Gasteiger partial charge in [-0.3, -0.25) is 4.79 Å². The first-order valence-corrected chi connectivity index (χ1v) is 7.58. The summed E-state index contributed by atoms with van der Waals surface area (Å²) in [5.74, 6) is -0.288. The highest BCUT2D eigenvalue weighted by atomic mass is 79.9. The Morgan fingerprint density at radius 2 is 2.09 bits per heavy atom. The van der Waals surface area contributed by atoms with Gasteiger partial charge in [-0.05, 0) is 40.5 Å². The van der Waals surface area contributed by atoms with E-state index in [1.165, 1.54) is 6.20 Å². The van der Waals surface area contributed by atoms with Crippen LogP contribution in [0, 0.1) is 18.3 Å². The highest BCUT2D eigenvalue weighted by Gasteiger charge is 2.10. The summed E-state index contributed by atoms with van der Waals surface area (Å²) < 4.78 is 0.724. The van der Waals surface area contributed by atoms with Crippen molar-refractivity contribution in [1.29, 1.82) is 5.26 Å². The third-order valence-corrected chi connectivity index (χ3v) is 3.58. The van der Waals surface area contributed by atoms with Crippen molar-refractivity contribution in [3.8, 4) is 6.07 Å². The van der Waals surface area contributed by atoms with E-state index in [1.54, 1.807) is 30.6 Å². The van der Waals surface area contributed by atoms with Gasteiger partial charge < -0.3 is 10.6 Å². The van der Waals surface area contributed by atoms with Gasteiger partial charge in [0, 0.05) is 29.3 Å². The lowest BCUT2D eigenvalue weighted by molar-refractivity contribution is -0.112. The van der Waals surface area contributed by atoms with Gasteiger partial charge in [-0.2, -0.15) is 5.26 Å². The SMILES string of the molecule is Cc1ccc(NC(=O)/C(C#N)=C\Nc2ncc(Br)cn2)cc1Cl. The Hall–Kier alpha value is -2.43. The van der Waals surface area contributed by atoms with Gasteiger partial charge in [0.15, 0.2) is 0 Å². The van der Waals surface area contributed by atoms with Crippen molar-refractivity contribution in [2.45, 2.75) is 6.92 Å². The van der Waals surface area contributed by atoms with Crippen LogP contribution in [0.25, 0.3) is 0 Å². The summed E-state index contributed by atoms with van der Waals surface area (Å²) in [5.41, 5.74) is 1.29. The molecule has 0 fully saturated rings. The summed E-state index contributed by atoms with van der Waals surface area (Å²) in [7, 11) is 0. The first-order valence-electron chi connectivity index (χ1n) is 6.41. The fourth-order valence-corrected chi connectivity index (χ4v) is 1.93. The van der Waals surface area contributed by atoms with Crippen LogP contribution in [0.4, 0.5) is 11.6 Å². The maximum atomic E-state index is 12.1. The number of carbonyl (C=O) groups excluding carboxylic acids is 1. The number of anilines is 2. The Labute approximate surface area is 146 Å². The number of aromatic nitrogens is 2. The zero-order chi connectivity index (χ0) is 16.8. The molecule has 0 aliphatic heterocycles. The molecule has 0 spiro atoms. The fourth-order valence-electron chi connectivity index (χ4n) is 1.54. The van der Waals surface area contributed by atoms with Gasteiger partial charge in [0.05, 0.1) is 4.47 Å². The van der Waals surface area contributed by atoms with Gasteiger partial charge in [-0.25, -0.2) is 9.97 Å². The molecule has 1 aromatic heterocycles. The van der Waals surface area contributed by atoms with Crippen molar-refractivity contribution in [3.05, 3.63) is 57.4 Å². The lowest BCUT2D eigenvalue weighted by Crippen LogP contribution is -2.14. The van der Waals surface area contributed by atoms with Crippen molar-refractivity contribution >= 4 is 45.1 Å². The normalized spacial score (nSPS) is 10.8. The maximum Gasteiger partial charge on any atom is 0.267 e. The van der Waals surface area contributed by atoms with Crippen LogP contribution in [-0.2, 0) is 4.79 Å². The van der Waals surface area contributed by atoms with Crippen LogP contribution in [0.1, 0.15) is 5.56 Å². The van der Waals surface area contributed by atoms with Gasteiger partial charge >= 0.3 is 0 Å². The van der Waals surface area contributed by atoms with Crippen LogP contribution in [0.3, 0.4) is 0 Å². The van der Waals surface area contributed by atoms with Crippen LogP contribution >= 0.6 is 27.5 Å². The highest BCUT2D eigenvalue weighted by molar-refractivity contribution is 9.10. The first-order chi connectivity index (χ1) is 11.0. The molecule has 0 aliphatic carbocycles. The molecule has 2 rings (SSSR count). The van der Waals surface area contributed by atoms with Crippen molar-refractivity contribution in [2.24, 2.45) is 0 Å². The molecule has 0 atom stereocenters. The van der Waals surface area contributed by atoms with E-state index in [4.69, 9.17) is 16.9 Å². The quantitative estimate of drug-likeness (QED) is 0.612. The molecule has 0 bridgehead atoms. The van der Waals surface area contributed by atoms with E-state index >= 15 is 0 Å². The molecular formula is C15H11BrClN5O. The number of nitrogens with one attached hydrogen (secondary N) is 2. The lowest BCUT2D eigenvalue weighted by Gasteiger charge is -2.06. The number of nitrogens with zero attached hydrogens (tertiary/aromatic N) is 3. The number of amides is 1. The average molecular weight is 393 g/mol. The molecule has 8 heteroatoms. The van der Waals surface area contributed by atoms with Crippen molar-refractivity contribution in [2.75, 3.05) is 10.6 Å². The molecule has 0 radical (unpaired) electrons. The summed E-state index contributed by atoms with van der Waals surface area (Å²) in [5, 5.41) is 14.9. The smallest absolute Gasteiger partial charge is 0.267 e. The Balaban J connectivity index is 2.08. The number of hydrogen-bond donors (Lipinski definition) is 2. The van der Waals surface area contributed by atoms with Crippen molar-refractivity contribution in [3.63, 3.8) is 0 Å². The van der Waals surface area contributed by atoms with Crippen LogP contribution < -0.4 is 10.6 Å². The number of aryl methyl sites for hydroxylation is 1. The van der Waals surface area contributed by atoms with Gasteiger partial charge in [0.1, 0.15) is 11.6 Å². The summed E-state index contributed by atoms with van der Waals surface area (Å²) in [6.45, 7) is 1.86. The monoisotopic (exact) mass is 391 g/mol. The molecular weight excluding hydrogens is 382 g/mol. The Kier molecular flexibility index (Phi) is 5.68. The molecule has 23 heavy (non-hydrogen) atoms. The molecule has 1 aromatic carbocycles. The van der Waals surface area contributed by atoms with Crippen molar-refractivity contribution < 1.29 is 4.79 Å². The number of benzene rings is 1. The largest absolute Gasteiger partial charge is 0.329 e. The summed E-state index contributed by atoms with van der Waals surface area (Å²) >= 11 is 9.22. The van der Waals surface area contributed by atoms with Crippen LogP contribution in [0.2, 0.25) is 5.02 Å². The number of nitriles is 1. The van der Waals surface area contributed by atoms with Gasteiger partial charge in [0.2, 0.25) is 5.95 Å². The topological polar surface area (TPSA) is 90.7 Å². The number of rotatable bonds is 4. The van der Waals surface area contributed by atoms with Crippen LogP contribution in [0.5, 0.6) is 0 Å². The minimum atomic E-state index is -0.558. The molecule has 0 unspecified atom stereocenters.